The molecule has 166 valence electrons. The van der Waals surface area contributed by atoms with Gasteiger partial charge in [0.1, 0.15) is 6.61 Å². The summed E-state index contributed by atoms with van der Waals surface area (Å²) in [5.74, 6) is -2.03. The number of halogens is 3. The molecule has 0 spiro atoms. The molecular formula is C21H27F3N2O4. The highest BCUT2D eigenvalue weighted by atomic mass is 19.4. The number of carbonyl (C=O) groups is 2. The van der Waals surface area contributed by atoms with Crippen LogP contribution >= 0.6 is 0 Å². The van der Waals surface area contributed by atoms with E-state index in [1.54, 1.807) is 24.0 Å². The summed E-state index contributed by atoms with van der Waals surface area (Å²) in [7, 11) is 0. The summed E-state index contributed by atoms with van der Waals surface area (Å²) in [4.78, 5) is 30.7. The minimum absolute atomic E-state index is 0.00744. The summed E-state index contributed by atoms with van der Waals surface area (Å²) in [6, 6.07) is 3.10. The molecule has 1 atom stereocenters. The van der Waals surface area contributed by atoms with Crippen molar-refractivity contribution in [2.24, 2.45) is 11.8 Å². The van der Waals surface area contributed by atoms with Gasteiger partial charge in [-0.3, -0.25) is 4.79 Å². The molecule has 1 aromatic rings. The van der Waals surface area contributed by atoms with Crippen molar-refractivity contribution in [1.29, 1.82) is 0 Å². The zero-order valence-corrected chi connectivity index (χ0v) is 17.0. The number of rotatable bonds is 6. The van der Waals surface area contributed by atoms with E-state index in [-0.39, 0.29) is 62.5 Å². The Balaban J connectivity index is 1.58. The lowest BCUT2D eigenvalue weighted by atomic mass is 9.81. The minimum atomic E-state index is -4.18. The third-order valence-corrected chi connectivity index (χ3v) is 5.87. The van der Waals surface area contributed by atoms with Crippen LogP contribution in [0.25, 0.3) is 0 Å². The Kier molecular flexibility index (Phi) is 7.20. The van der Waals surface area contributed by atoms with Gasteiger partial charge in [0.15, 0.2) is 11.4 Å². The van der Waals surface area contributed by atoms with Gasteiger partial charge in [-0.15, -0.1) is 0 Å². The minimum Gasteiger partial charge on any atom is -0.489 e. The molecule has 3 rings (SSSR count). The normalized spacial score (nSPS) is 24.5. The maximum atomic E-state index is 12.9. The van der Waals surface area contributed by atoms with Crippen molar-refractivity contribution < 1.29 is 32.2 Å². The third-order valence-electron chi connectivity index (χ3n) is 5.87. The van der Waals surface area contributed by atoms with Crippen molar-refractivity contribution >= 4 is 11.9 Å². The molecule has 30 heavy (non-hydrogen) atoms. The molecular weight excluding hydrogens is 401 g/mol. The standard InChI is InChI=1S/C21H27F3N2O4/c1-2-29-20(28)18-17(6-3-11-25-18)30-13-16-5-4-12-26(16)19(27)14-7-9-15(10-8-14)21(22,23)24/h3,6,11,14-16H,2,4-5,7-10,12-13H2,1H3/t14?,15?,16-/m1/s1. The van der Waals surface area contributed by atoms with Gasteiger partial charge in [0, 0.05) is 18.7 Å². The molecule has 1 amide bonds. The molecule has 1 aliphatic heterocycles. The summed E-state index contributed by atoms with van der Waals surface area (Å²) in [5, 5.41) is 0. The van der Waals surface area contributed by atoms with Crippen LogP contribution in [0.15, 0.2) is 18.3 Å². The van der Waals surface area contributed by atoms with Crippen molar-refractivity contribution in [2.45, 2.75) is 57.7 Å². The molecule has 9 heteroatoms. The first-order valence-corrected chi connectivity index (χ1v) is 10.4. The van der Waals surface area contributed by atoms with E-state index in [0.717, 1.165) is 12.8 Å². The molecule has 2 heterocycles. The Labute approximate surface area is 173 Å². The first-order chi connectivity index (χ1) is 14.3. The van der Waals surface area contributed by atoms with Crippen LogP contribution in [0.1, 0.15) is 55.9 Å². The molecule has 1 aromatic heterocycles. The van der Waals surface area contributed by atoms with Crippen LogP contribution in [0.4, 0.5) is 13.2 Å². The van der Waals surface area contributed by atoms with Gasteiger partial charge in [0.05, 0.1) is 18.6 Å². The Bertz CT molecular complexity index is 748. The number of hydrogen-bond acceptors (Lipinski definition) is 5. The van der Waals surface area contributed by atoms with Crippen LogP contribution < -0.4 is 4.74 Å². The van der Waals surface area contributed by atoms with Crippen LogP contribution in [0.5, 0.6) is 5.75 Å². The topological polar surface area (TPSA) is 68.7 Å². The number of alkyl halides is 3. The summed E-state index contributed by atoms with van der Waals surface area (Å²) in [5.41, 5.74) is 0.0840. The Hall–Kier alpha value is -2.32. The van der Waals surface area contributed by atoms with Gasteiger partial charge >= 0.3 is 12.1 Å². The molecule has 0 N–H and O–H groups in total. The second-order valence-electron chi connectivity index (χ2n) is 7.80. The number of aromatic nitrogens is 1. The zero-order valence-electron chi connectivity index (χ0n) is 17.0. The fourth-order valence-corrected chi connectivity index (χ4v) is 4.25. The van der Waals surface area contributed by atoms with Crippen LogP contribution in [0, 0.1) is 11.8 Å². The predicted octanol–water partition coefficient (Wildman–Crippen LogP) is 4.00. The number of esters is 1. The van der Waals surface area contributed by atoms with Gasteiger partial charge < -0.3 is 14.4 Å². The SMILES string of the molecule is CCOC(=O)c1ncccc1OC[C@H]1CCCN1C(=O)C1CCC(C(F)(F)F)CC1. The Morgan fingerprint density at radius 2 is 1.93 bits per heavy atom. The summed E-state index contributed by atoms with van der Waals surface area (Å²) >= 11 is 0. The van der Waals surface area contributed by atoms with E-state index in [9.17, 15) is 22.8 Å². The van der Waals surface area contributed by atoms with Crippen molar-refractivity contribution in [3.8, 4) is 5.75 Å². The van der Waals surface area contributed by atoms with Gasteiger partial charge in [-0.05, 0) is 57.6 Å². The van der Waals surface area contributed by atoms with E-state index in [2.05, 4.69) is 4.98 Å². The van der Waals surface area contributed by atoms with E-state index in [4.69, 9.17) is 9.47 Å². The van der Waals surface area contributed by atoms with E-state index >= 15 is 0 Å². The fraction of sp³-hybridized carbons (Fsp3) is 0.667. The van der Waals surface area contributed by atoms with E-state index in [0.29, 0.717) is 12.3 Å². The van der Waals surface area contributed by atoms with Crippen LogP contribution in [-0.2, 0) is 9.53 Å². The molecule has 0 radical (unpaired) electrons. The summed E-state index contributed by atoms with van der Waals surface area (Å²) < 4.78 is 49.4. The smallest absolute Gasteiger partial charge is 0.391 e. The van der Waals surface area contributed by atoms with Gasteiger partial charge in [-0.1, -0.05) is 0 Å². The van der Waals surface area contributed by atoms with Crippen LogP contribution in [-0.4, -0.2) is 53.7 Å². The van der Waals surface area contributed by atoms with Crippen molar-refractivity contribution in [1.82, 2.24) is 9.88 Å². The van der Waals surface area contributed by atoms with E-state index in [1.165, 1.54) is 6.20 Å². The maximum Gasteiger partial charge on any atom is 0.391 e. The average Bonchev–Trinajstić information content (AvgIpc) is 3.20. The second kappa shape index (κ2) is 9.66. The highest BCUT2D eigenvalue weighted by Gasteiger charge is 2.44. The monoisotopic (exact) mass is 428 g/mol. The van der Waals surface area contributed by atoms with Gasteiger partial charge in [0.25, 0.3) is 0 Å². The van der Waals surface area contributed by atoms with E-state index in [1.807, 2.05) is 0 Å². The number of carbonyl (C=O) groups excluding carboxylic acids is 2. The number of likely N-dealkylation sites (tertiary alicyclic amines) is 1. The lowest BCUT2D eigenvalue weighted by molar-refractivity contribution is -0.185. The average molecular weight is 428 g/mol. The molecule has 0 aromatic carbocycles. The van der Waals surface area contributed by atoms with Gasteiger partial charge in [-0.25, -0.2) is 9.78 Å². The number of amides is 1. The molecule has 6 nitrogen and oxygen atoms in total. The molecule has 0 bridgehead atoms. The fourth-order valence-electron chi connectivity index (χ4n) is 4.25. The second-order valence-corrected chi connectivity index (χ2v) is 7.80. The number of nitrogens with zero attached hydrogens (tertiary/aromatic N) is 2. The van der Waals surface area contributed by atoms with E-state index < -0.39 is 18.1 Å². The molecule has 1 aliphatic carbocycles. The van der Waals surface area contributed by atoms with Crippen molar-refractivity contribution in [3.63, 3.8) is 0 Å². The summed E-state index contributed by atoms with van der Waals surface area (Å²) in [6.07, 6.45) is -0.597. The number of hydrogen-bond donors (Lipinski definition) is 0. The van der Waals surface area contributed by atoms with Gasteiger partial charge in [0.2, 0.25) is 5.91 Å². The Morgan fingerprint density at radius 1 is 1.20 bits per heavy atom. The third kappa shape index (κ3) is 5.23. The largest absolute Gasteiger partial charge is 0.489 e. The molecule has 1 saturated carbocycles. The molecule has 1 saturated heterocycles. The summed E-state index contributed by atoms with van der Waals surface area (Å²) in [6.45, 7) is 2.69. The molecule has 2 fully saturated rings. The first-order valence-electron chi connectivity index (χ1n) is 10.4. The lowest BCUT2D eigenvalue weighted by Crippen LogP contribution is -2.44. The first kappa shape index (κ1) is 22.4. The highest BCUT2D eigenvalue weighted by molar-refractivity contribution is 5.90. The quantitative estimate of drug-likeness (QED) is 0.641. The molecule has 0 unspecified atom stereocenters. The Morgan fingerprint density at radius 3 is 2.60 bits per heavy atom. The van der Waals surface area contributed by atoms with Crippen LogP contribution in [0.3, 0.4) is 0 Å². The predicted molar refractivity (Wildman–Crippen MR) is 102 cm³/mol. The number of pyridine rings is 1. The zero-order chi connectivity index (χ0) is 21.7. The van der Waals surface area contributed by atoms with Crippen LogP contribution in [0.2, 0.25) is 0 Å². The lowest BCUT2D eigenvalue weighted by Gasteiger charge is -2.33. The maximum absolute atomic E-state index is 12.9. The van der Waals surface area contributed by atoms with Crippen molar-refractivity contribution in [2.75, 3.05) is 19.8 Å². The van der Waals surface area contributed by atoms with Crippen molar-refractivity contribution in [3.05, 3.63) is 24.0 Å². The highest BCUT2D eigenvalue weighted by Crippen LogP contribution is 2.40. The van der Waals surface area contributed by atoms with Gasteiger partial charge in [-0.2, -0.15) is 13.2 Å². The molecule has 2 aliphatic rings. The number of ether oxygens (including phenoxy) is 2.